The highest BCUT2D eigenvalue weighted by Crippen LogP contribution is 2.30. The van der Waals surface area contributed by atoms with E-state index in [2.05, 4.69) is 60.8 Å². The molecule has 16 heavy (non-hydrogen) atoms. The highest BCUT2D eigenvalue weighted by atomic mass is 32.2. The Balaban J connectivity index is 2.09. The summed E-state index contributed by atoms with van der Waals surface area (Å²) in [6.45, 7) is 0. The molecule has 2 rings (SSSR count). The smallest absolute Gasteiger partial charge is 0.0601 e. The minimum atomic E-state index is 1.04. The van der Waals surface area contributed by atoms with Gasteiger partial charge in [-0.25, -0.2) is 0 Å². The van der Waals surface area contributed by atoms with Gasteiger partial charge in [0.2, 0.25) is 0 Å². The van der Waals surface area contributed by atoms with Gasteiger partial charge < -0.3 is 4.90 Å². The zero-order valence-electron chi connectivity index (χ0n) is 9.51. The molecule has 0 unspecified atom stereocenters. The lowest BCUT2D eigenvalue weighted by Gasteiger charge is -2.16. The van der Waals surface area contributed by atoms with Crippen molar-refractivity contribution in [3.63, 3.8) is 0 Å². The van der Waals surface area contributed by atoms with Gasteiger partial charge in [0.05, 0.1) is 4.21 Å². The van der Waals surface area contributed by atoms with E-state index in [-0.39, 0.29) is 0 Å². The monoisotopic (exact) mass is 249 g/mol. The first-order chi connectivity index (χ1) is 7.77. The van der Waals surface area contributed by atoms with Gasteiger partial charge in [-0.3, -0.25) is 0 Å². The third-order valence-corrected chi connectivity index (χ3v) is 4.52. The first kappa shape index (κ1) is 11.6. The van der Waals surface area contributed by atoms with Crippen LogP contribution in [0.25, 0.3) is 0 Å². The van der Waals surface area contributed by atoms with Gasteiger partial charge in [-0.15, -0.1) is 23.1 Å². The van der Waals surface area contributed by atoms with Crippen LogP contribution in [0.5, 0.6) is 0 Å². The largest absolute Gasteiger partial charge is 0.377 e. The van der Waals surface area contributed by atoms with Crippen molar-refractivity contribution in [1.29, 1.82) is 0 Å². The number of hydrogen-bond donors (Lipinski definition) is 0. The van der Waals surface area contributed by atoms with E-state index in [4.69, 9.17) is 0 Å². The zero-order valence-corrected chi connectivity index (χ0v) is 11.1. The fraction of sp³-hybridized carbons (Fsp3) is 0.231. The number of hydrogen-bond acceptors (Lipinski definition) is 3. The van der Waals surface area contributed by atoms with E-state index in [1.54, 1.807) is 11.3 Å². The summed E-state index contributed by atoms with van der Waals surface area (Å²) >= 11 is 3.71. The van der Waals surface area contributed by atoms with Gasteiger partial charge in [-0.1, -0.05) is 24.3 Å². The highest BCUT2D eigenvalue weighted by Gasteiger charge is 2.04. The average Bonchev–Trinajstić information content (AvgIpc) is 2.79. The number of rotatable bonds is 4. The summed E-state index contributed by atoms with van der Waals surface area (Å²) in [4.78, 5) is 2.17. The molecule has 0 radical (unpaired) electrons. The Morgan fingerprint density at radius 2 is 1.94 bits per heavy atom. The molecule has 0 saturated heterocycles. The van der Waals surface area contributed by atoms with Crippen molar-refractivity contribution in [3.8, 4) is 0 Å². The van der Waals surface area contributed by atoms with E-state index in [1.165, 1.54) is 15.5 Å². The van der Waals surface area contributed by atoms with E-state index in [1.807, 2.05) is 11.8 Å². The molecule has 0 atom stereocenters. The highest BCUT2D eigenvalue weighted by molar-refractivity contribution is 8.00. The standard InChI is InChI=1S/C13H15NS2/c1-14(2)12-7-4-3-6-11(12)10-16-13-8-5-9-15-13/h3-9H,10H2,1-2H3. The maximum absolute atomic E-state index is 2.20. The molecule has 0 bridgehead atoms. The molecule has 1 aromatic heterocycles. The molecule has 3 heteroatoms. The number of thiophene rings is 1. The van der Waals surface area contributed by atoms with Crippen LogP contribution in [0.1, 0.15) is 5.56 Å². The van der Waals surface area contributed by atoms with E-state index < -0.39 is 0 Å². The number of nitrogens with zero attached hydrogens (tertiary/aromatic N) is 1. The van der Waals surface area contributed by atoms with Gasteiger partial charge in [0.25, 0.3) is 0 Å². The minimum absolute atomic E-state index is 1.04. The van der Waals surface area contributed by atoms with Crippen LogP contribution in [0, 0.1) is 0 Å². The van der Waals surface area contributed by atoms with Crippen molar-refractivity contribution in [2.45, 2.75) is 9.96 Å². The molecule has 0 aliphatic rings. The predicted octanol–water partition coefficient (Wildman–Crippen LogP) is 4.11. The Labute approximate surface area is 105 Å². The first-order valence-corrected chi connectivity index (χ1v) is 7.05. The topological polar surface area (TPSA) is 3.24 Å². The van der Waals surface area contributed by atoms with Gasteiger partial charge in [-0.2, -0.15) is 0 Å². The van der Waals surface area contributed by atoms with Crippen molar-refractivity contribution >= 4 is 28.8 Å². The molecule has 0 aliphatic heterocycles. The van der Waals surface area contributed by atoms with Gasteiger partial charge in [0.15, 0.2) is 0 Å². The third-order valence-electron chi connectivity index (χ3n) is 2.34. The van der Waals surface area contributed by atoms with Crippen molar-refractivity contribution in [2.75, 3.05) is 19.0 Å². The Kier molecular flexibility index (Phi) is 3.91. The fourth-order valence-corrected chi connectivity index (χ4v) is 3.34. The molecule has 0 aliphatic carbocycles. The Bertz CT molecular complexity index is 435. The summed E-state index contributed by atoms with van der Waals surface area (Å²) in [7, 11) is 4.18. The molecule has 2 aromatic rings. The van der Waals surface area contributed by atoms with Crippen LogP contribution >= 0.6 is 23.1 Å². The first-order valence-electron chi connectivity index (χ1n) is 5.19. The van der Waals surface area contributed by atoms with Gasteiger partial charge >= 0.3 is 0 Å². The van der Waals surface area contributed by atoms with E-state index in [0.29, 0.717) is 0 Å². The molecule has 0 spiro atoms. The third kappa shape index (κ3) is 2.80. The molecule has 0 amide bonds. The summed E-state index contributed by atoms with van der Waals surface area (Å²) < 4.78 is 1.38. The predicted molar refractivity (Wildman–Crippen MR) is 74.6 cm³/mol. The number of para-hydroxylation sites is 1. The minimum Gasteiger partial charge on any atom is -0.377 e. The molecule has 0 fully saturated rings. The lowest BCUT2D eigenvalue weighted by atomic mass is 10.2. The maximum Gasteiger partial charge on any atom is 0.0601 e. The lowest BCUT2D eigenvalue weighted by Crippen LogP contribution is -2.10. The number of anilines is 1. The van der Waals surface area contributed by atoms with Gasteiger partial charge in [0.1, 0.15) is 0 Å². The quantitative estimate of drug-likeness (QED) is 0.750. The number of thioether (sulfide) groups is 1. The SMILES string of the molecule is CN(C)c1ccccc1CSc1cccs1. The van der Waals surface area contributed by atoms with Crippen molar-refractivity contribution in [2.24, 2.45) is 0 Å². The van der Waals surface area contributed by atoms with Crippen LogP contribution in [0.3, 0.4) is 0 Å². The van der Waals surface area contributed by atoms with E-state index >= 15 is 0 Å². The second kappa shape index (κ2) is 5.41. The maximum atomic E-state index is 2.20. The Hall–Kier alpha value is -0.930. The molecule has 1 aromatic carbocycles. The normalized spacial score (nSPS) is 10.4. The summed E-state index contributed by atoms with van der Waals surface area (Å²) in [5.41, 5.74) is 2.71. The summed E-state index contributed by atoms with van der Waals surface area (Å²) in [5, 5.41) is 2.13. The van der Waals surface area contributed by atoms with Crippen LogP contribution in [0.2, 0.25) is 0 Å². The van der Waals surface area contributed by atoms with Crippen LogP contribution in [0.15, 0.2) is 46.0 Å². The lowest BCUT2D eigenvalue weighted by molar-refractivity contribution is 1.11. The van der Waals surface area contributed by atoms with Crippen LogP contribution < -0.4 is 4.90 Å². The molecule has 1 nitrogen and oxygen atoms in total. The zero-order chi connectivity index (χ0) is 11.4. The summed E-state index contributed by atoms with van der Waals surface area (Å²) in [6.07, 6.45) is 0. The second-order valence-corrected chi connectivity index (χ2v) is 5.97. The molecule has 0 saturated carbocycles. The summed E-state index contributed by atoms with van der Waals surface area (Å²) in [5.74, 6) is 1.04. The molecule has 0 N–H and O–H groups in total. The molecular weight excluding hydrogens is 234 g/mol. The van der Waals surface area contributed by atoms with Gasteiger partial charge in [0, 0.05) is 25.5 Å². The van der Waals surface area contributed by atoms with Crippen LogP contribution in [0.4, 0.5) is 5.69 Å². The van der Waals surface area contributed by atoms with Crippen molar-refractivity contribution in [3.05, 3.63) is 47.3 Å². The molecule has 84 valence electrons. The fourth-order valence-electron chi connectivity index (χ4n) is 1.56. The van der Waals surface area contributed by atoms with Gasteiger partial charge in [-0.05, 0) is 23.1 Å². The van der Waals surface area contributed by atoms with Crippen LogP contribution in [-0.4, -0.2) is 14.1 Å². The molecule has 1 heterocycles. The van der Waals surface area contributed by atoms with Crippen molar-refractivity contribution in [1.82, 2.24) is 0 Å². The number of benzene rings is 1. The Morgan fingerprint density at radius 1 is 1.12 bits per heavy atom. The Morgan fingerprint density at radius 3 is 2.62 bits per heavy atom. The second-order valence-electron chi connectivity index (χ2n) is 3.74. The van der Waals surface area contributed by atoms with Crippen molar-refractivity contribution < 1.29 is 0 Å². The average molecular weight is 249 g/mol. The molecular formula is C13H15NS2. The summed E-state index contributed by atoms with van der Waals surface area (Å²) in [6, 6.07) is 12.9. The van der Waals surface area contributed by atoms with Crippen LogP contribution in [-0.2, 0) is 5.75 Å². The van der Waals surface area contributed by atoms with E-state index in [9.17, 15) is 0 Å². The van der Waals surface area contributed by atoms with E-state index in [0.717, 1.165) is 5.75 Å².